The molecule has 0 bridgehead atoms. The van der Waals surface area contributed by atoms with Gasteiger partial charge in [0.05, 0.1) is 11.0 Å². The van der Waals surface area contributed by atoms with Crippen LogP contribution in [-0.2, 0) is 13.0 Å². The molecule has 2 aromatic rings. The molecule has 0 aliphatic carbocycles. The lowest BCUT2D eigenvalue weighted by atomic mass is 10.1. The van der Waals surface area contributed by atoms with Crippen LogP contribution in [0.15, 0.2) is 18.2 Å². The van der Waals surface area contributed by atoms with E-state index >= 15 is 0 Å². The molecule has 0 saturated carbocycles. The Hall–Kier alpha value is -1.06. The first-order valence-electron chi connectivity index (χ1n) is 7.46. The molecule has 20 heavy (non-hydrogen) atoms. The minimum absolute atomic E-state index is 0.603. The summed E-state index contributed by atoms with van der Waals surface area (Å²) in [5, 5.41) is 0.751. The fraction of sp³-hybridized carbons (Fsp3) is 0.562. The van der Waals surface area contributed by atoms with Gasteiger partial charge < -0.3 is 10.3 Å². The Kier molecular flexibility index (Phi) is 5.44. The monoisotopic (exact) mass is 293 g/mol. The third kappa shape index (κ3) is 3.74. The van der Waals surface area contributed by atoms with Gasteiger partial charge in [-0.1, -0.05) is 31.9 Å². The standard InChI is InChI=1S/C16H24ClN3/c1-12(2)11-20-15-8-7-13(17)10-14(15)19-16(20)6-4-3-5-9-18/h7-8,10,12H,3-6,9,11,18H2,1-2H3. The van der Waals surface area contributed by atoms with E-state index in [1.54, 1.807) is 0 Å². The molecule has 1 heterocycles. The van der Waals surface area contributed by atoms with Crippen LogP contribution in [-0.4, -0.2) is 16.1 Å². The van der Waals surface area contributed by atoms with Gasteiger partial charge >= 0.3 is 0 Å². The van der Waals surface area contributed by atoms with Crippen LogP contribution in [0.5, 0.6) is 0 Å². The number of benzene rings is 1. The lowest BCUT2D eigenvalue weighted by Crippen LogP contribution is -2.09. The number of fused-ring (bicyclic) bond motifs is 1. The van der Waals surface area contributed by atoms with E-state index in [4.69, 9.17) is 22.3 Å². The van der Waals surface area contributed by atoms with Crippen molar-refractivity contribution in [1.82, 2.24) is 9.55 Å². The van der Waals surface area contributed by atoms with E-state index in [-0.39, 0.29) is 0 Å². The fourth-order valence-corrected chi connectivity index (χ4v) is 2.68. The van der Waals surface area contributed by atoms with E-state index in [2.05, 4.69) is 24.5 Å². The summed E-state index contributed by atoms with van der Waals surface area (Å²) >= 11 is 6.07. The van der Waals surface area contributed by atoms with Gasteiger partial charge in [-0.25, -0.2) is 4.98 Å². The van der Waals surface area contributed by atoms with E-state index in [9.17, 15) is 0 Å². The Balaban J connectivity index is 2.26. The van der Waals surface area contributed by atoms with Crippen LogP contribution in [0.2, 0.25) is 5.02 Å². The number of hydrogen-bond acceptors (Lipinski definition) is 2. The Labute approximate surface area is 126 Å². The fourth-order valence-electron chi connectivity index (χ4n) is 2.52. The molecule has 0 aliphatic rings. The molecule has 3 nitrogen and oxygen atoms in total. The molecule has 0 unspecified atom stereocenters. The van der Waals surface area contributed by atoms with Crippen molar-refractivity contribution in [3.8, 4) is 0 Å². The maximum atomic E-state index is 6.07. The Bertz CT molecular complexity index is 560. The average molecular weight is 294 g/mol. The largest absolute Gasteiger partial charge is 0.330 e. The molecule has 0 radical (unpaired) electrons. The first kappa shape index (κ1) is 15.3. The maximum Gasteiger partial charge on any atom is 0.109 e. The molecular weight excluding hydrogens is 270 g/mol. The molecule has 1 aromatic heterocycles. The normalized spacial score (nSPS) is 11.7. The second-order valence-corrected chi connectivity index (χ2v) is 6.20. The Morgan fingerprint density at radius 2 is 2.05 bits per heavy atom. The van der Waals surface area contributed by atoms with Crippen LogP contribution in [0.1, 0.15) is 38.9 Å². The molecule has 0 fully saturated rings. The molecule has 110 valence electrons. The van der Waals surface area contributed by atoms with Gasteiger partial charge in [0.15, 0.2) is 0 Å². The van der Waals surface area contributed by atoms with E-state index in [0.717, 1.165) is 42.9 Å². The van der Waals surface area contributed by atoms with Gasteiger partial charge in [0.25, 0.3) is 0 Å². The van der Waals surface area contributed by atoms with Crippen molar-refractivity contribution >= 4 is 22.6 Å². The van der Waals surface area contributed by atoms with Crippen molar-refractivity contribution in [3.05, 3.63) is 29.0 Å². The van der Waals surface area contributed by atoms with E-state index in [1.807, 2.05) is 12.1 Å². The Morgan fingerprint density at radius 3 is 2.75 bits per heavy atom. The van der Waals surface area contributed by atoms with E-state index in [1.165, 1.54) is 17.8 Å². The number of halogens is 1. The van der Waals surface area contributed by atoms with Crippen molar-refractivity contribution in [1.29, 1.82) is 0 Å². The quantitative estimate of drug-likeness (QED) is 0.784. The first-order valence-corrected chi connectivity index (χ1v) is 7.84. The zero-order chi connectivity index (χ0) is 14.5. The van der Waals surface area contributed by atoms with Gasteiger partial charge in [0.1, 0.15) is 5.82 Å². The average Bonchev–Trinajstić information content (AvgIpc) is 2.71. The number of aryl methyl sites for hydroxylation is 1. The van der Waals surface area contributed by atoms with Crippen LogP contribution in [0.25, 0.3) is 11.0 Å². The molecule has 0 aliphatic heterocycles. The highest BCUT2D eigenvalue weighted by molar-refractivity contribution is 6.31. The van der Waals surface area contributed by atoms with Gasteiger partial charge in [0.2, 0.25) is 0 Å². The number of aromatic nitrogens is 2. The van der Waals surface area contributed by atoms with Crippen molar-refractivity contribution in [2.24, 2.45) is 11.7 Å². The maximum absolute atomic E-state index is 6.07. The van der Waals surface area contributed by atoms with E-state index < -0.39 is 0 Å². The second-order valence-electron chi connectivity index (χ2n) is 5.76. The molecule has 2 rings (SSSR count). The van der Waals surface area contributed by atoms with Crippen molar-refractivity contribution in [3.63, 3.8) is 0 Å². The second kappa shape index (κ2) is 7.09. The SMILES string of the molecule is CC(C)Cn1c(CCCCCN)nc2cc(Cl)ccc21. The molecule has 0 saturated heterocycles. The summed E-state index contributed by atoms with van der Waals surface area (Å²) in [6.45, 7) is 6.25. The number of unbranched alkanes of at least 4 members (excludes halogenated alkanes) is 2. The molecule has 0 amide bonds. The third-order valence-electron chi connectivity index (χ3n) is 3.44. The molecule has 2 N–H and O–H groups in total. The molecular formula is C16H24ClN3. The van der Waals surface area contributed by atoms with Crippen molar-refractivity contribution < 1.29 is 0 Å². The predicted molar refractivity (Wildman–Crippen MR) is 86.2 cm³/mol. The molecule has 1 aromatic carbocycles. The highest BCUT2D eigenvalue weighted by Crippen LogP contribution is 2.22. The molecule has 0 atom stereocenters. The van der Waals surface area contributed by atoms with Crippen LogP contribution in [0.4, 0.5) is 0 Å². The highest BCUT2D eigenvalue weighted by atomic mass is 35.5. The summed E-state index contributed by atoms with van der Waals surface area (Å²) < 4.78 is 2.35. The van der Waals surface area contributed by atoms with Crippen LogP contribution >= 0.6 is 11.6 Å². The van der Waals surface area contributed by atoms with Crippen LogP contribution in [0.3, 0.4) is 0 Å². The summed E-state index contributed by atoms with van der Waals surface area (Å²) in [7, 11) is 0. The zero-order valence-corrected chi connectivity index (χ0v) is 13.2. The predicted octanol–water partition coefficient (Wildman–Crippen LogP) is 4.02. The summed E-state index contributed by atoms with van der Waals surface area (Å²) in [6, 6.07) is 5.98. The topological polar surface area (TPSA) is 43.8 Å². The summed E-state index contributed by atoms with van der Waals surface area (Å²) in [5.41, 5.74) is 7.74. The van der Waals surface area contributed by atoms with Crippen LogP contribution < -0.4 is 5.73 Å². The number of hydrogen-bond donors (Lipinski definition) is 1. The molecule has 4 heteroatoms. The number of rotatable bonds is 7. The molecule has 0 spiro atoms. The smallest absolute Gasteiger partial charge is 0.109 e. The number of nitrogens with zero attached hydrogens (tertiary/aromatic N) is 2. The van der Waals surface area contributed by atoms with Crippen molar-refractivity contribution in [2.45, 2.75) is 46.1 Å². The minimum atomic E-state index is 0.603. The lowest BCUT2D eigenvalue weighted by Gasteiger charge is -2.11. The summed E-state index contributed by atoms with van der Waals surface area (Å²) in [6.07, 6.45) is 4.42. The van der Waals surface area contributed by atoms with Gasteiger partial charge in [-0.15, -0.1) is 0 Å². The number of nitrogens with two attached hydrogens (primary N) is 1. The van der Waals surface area contributed by atoms with Gasteiger partial charge in [-0.2, -0.15) is 0 Å². The van der Waals surface area contributed by atoms with Crippen molar-refractivity contribution in [2.75, 3.05) is 6.54 Å². The number of imidazole rings is 1. The minimum Gasteiger partial charge on any atom is -0.330 e. The van der Waals surface area contributed by atoms with Gasteiger partial charge in [-0.05, 0) is 43.5 Å². The first-order chi connectivity index (χ1) is 9.61. The lowest BCUT2D eigenvalue weighted by molar-refractivity contribution is 0.511. The van der Waals surface area contributed by atoms with Gasteiger partial charge in [0, 0.05) is 18.0 Å². The summed E-state index contributed by atoms with van der Waals surface area (Å²) in [4.78, 5) is 4.77. The van der Waals surface area contributed by atoms with Gasteiger partial charge in [-0.3, -0.25) is 0 Å². The van der Waals surface area contributed by atoms with Crippen LogP contribution in [0, 0.1) is 5.92 Å². The highest BCUT2D eigenvalue weighted by Gasteiger charge is 2.11. The summed E-state index contributed by atoms with van der Waals surface area (Å²) in [5.74, 6) is 1.78. The third-order valence-corrected chi connectivity index (χ3v) is 3.68. The van der Waals surface area contributed by atoms with E-state index in [0.29, 0.717) is 5.92 Å². The zero-order valence-electron chi connectivity index (χ0n) is 12.4. The Morgan fingerprint density at radius 1 is 1.25 bits per heavy atom.